The molecule has 2 atom stereocenters. The summed E-state index contributed by atoms with van der Waals surface area (Å²) in [6.45, 7) is 3.15. The third-order valence-corrected chi connectivity index (χ3v) is 2.68. The molecule has 3 N–H and O–H groups in total. The third kappa shape index (κ3) is 2.73. The Kier molecular flexibility index (Phi) is 3.98. The van der Waals surface area contributed by atoms with Crippen LogP contribution in [0.1, 0.15) is 12.8 Å². The van der Waals surface area contributed by atoms with Crippen LogP contribution in [0.4, 0.5) is 0 Å². The van der Waals surface area contributed by atoms with Gasteiger partial charge in [-0.2, -0.15) is 0 Å². The number of hydrogen-bond donors (Lipinski definition) is 2. The summed E-state index contributed by atoms with van der Waals surface area (Å²) in [5, 5.41) is 3.51. The second-order valence-electron chi connectivity index (χ2n) is 3.94. The Balaban J connectivity index is 2.21. The van der Waals surface area contributed by atoms with E-state index in [-0.39, 0.29) is 0 Å². The molecule has 2 unspecified atom stereocenters. The number of nitrogens with zero attached hydrogens (tertiary/aromatic N) is 1. The Morgan fingerprint density at radius 1 is 1.50 bits per heavy atom. The molecule has 1 heterocycles. The Morgan fingerprint density at radius 3 is 2.83 bits per heavy atom. The fourth-order valence-corrected chi connectivity index (χ4v) is 1.84. The molecule has 0 aromatic rings. The zero-order valence-corrected chi connectivity index (χ0v) is 8.21. The minimum absolute atomic E-state index is 0.664. The zero-order valence-electron chi connectivity index (χ0n) is 8.21. The molecule has 0 aliphatic carbocycles. The van der Waals surface area contributed by atoms with Crippen molar-refractivity contribution in [3.63, 3.8) is 0 Å². The van der Waals surface area contributed by atoms with E-state index < -0.39 is 0 Å². The van der Waals surface area contributed by atoms with Gasteiger partial charge in [-0.3, -0.25) is 0 Å². The van der Waals surface area contributed by atoms with Crippen LogP contribution in [-0.2, 0) is 0 Å². The topological polar surface area (TPSA) is 41.3 Å². The first-order valence-corrected chi connectivity index (χ1v) is 4.82. The SMILES string of the molecule is CN(C)CCC1NCCC1CN. The first-order chi connectivity index (χ1) is 5.74. The molecule has 0 aromatic carbocycles. The lowest BCUT2D eigenvalue weighted by atomic mass is 9.98. The van der Waals surface area contributed by atoms with Crippen LogP contribution in [0, 0.1) is 5.92 Å². The van der Waals surface area contributed by atoms with Crippen LogP contribution in [0.15, 0.2) is 0 Å². The van der Waals surface area contributed by atoms with Crippen molar-refractivity contribution < 1.29 is 0 Å². The van der Waals surface area contributed by atoms with Crippen molar-refractivity contribution >= 4 is 0 Å². The van der Waals surface area contributed by atoms with E-state index in [2.05, 4.69) is 24.3 Å². The number of nitrogens with one attached hydrogen (secondary N) is 1. The van der Waals surface area contributed by atoms with Crippen LogP contribution in [0.3, 0.4) is 0 Å². The molecule has 12 heavy (non-hydrogen) atoms. The zero-order chi connectivity index (χ0) is 8.97. The van der Waals surface area contributed by atoms with Gasteiger partial charge in [-0.25, -0.2) is 0 Å². The molecule has 1 aliphatic rings. The van der Waals surface area contributed by atoms with Crippen molar-refractivity contribution in [2.45, 2.75) is 18.9 Å². The maximum Gasteiger partial charge on any atom is 0.0120 e. The predicted molar refractivity (Wildman–Crippen MR) is 52.1 cm³/mol. The van der Waals surface area contributed by atoms with Gasteiger partial charge in [-0.1, -0.05) is 0 Å². The molecule has 3 nitrogen and oxygen atoms in total. The second kappa shape index (κ2) is 4.80. The van der Waals surface area contributed by atoms with Crippen LogP contribution in [-0.4, -0.2) is 44.7 Å². The van der Waals surface area contributed by atoms with Crippen LogP contribution in [0.5, 0.6) is 0 Å². The van der Waals surface area contributed by atoms with Crippen LogP contribution >= 0.6 is 0 Å². The van der Waals surface area contributed by atoms with Gasteiger partial charge in [0, 0.05) is 6.04 Å². The first kappa shape index (κ1) is 9.96. The molecule has 1 rings (SSSR count). The Morgan fingerprint density at radius 2 is 2.25 bits per heavy atom. The summed E-state index contributed by atoms with van der Waals surface area (Å²) in [6.07, 6.45) is 2.49. The average molecular weight is 171 g/mol. The lowest BCUT2D eigenvalue weighted by molar-refractivity contribution is 0.341. The Hall–Kier alpha value is -0.120. The minimum atomic E-state index is 0.664. The summed E-state index contributed by atoms with van der Waals surface area (Å²) in [7, 11) is 4.23. The largest absolute Gasteiger partial charge is 0.330 e. The molecule has 1 saturated heterocycles. The van der Waals surface area contributed by atoms with Gasteiger partial charge in [0.2, 0.25) is 0 Å². The molecular weight excluding hydrogens is 150 g/mol. The number of nitrogens with two attached hydrogens (primary N) is 1. The molecule has 0 amide bonds. The van der Waals surface area contributed by atoms with E-state index in [1.165, 1.54) is 12.8 Å². The lowest BCUT2D eigenvalue weighted by Crippen LogP contribution is -2.33. The summed E-state index contributed by atoms with van der Waals surface area (Å²) < 4.78 is 0. The summed E-state index contributed by atoms with van der Waals surface area (Å²) in [5.74, 6) is 0.713. The van der Waals surface area contributed by atoms with Gasteiger partial charge in [-0.05, 0) is 52.5 Å². The molecular formula is C9H21N3. The van der Waals surface area contributed by atoms with Crippen molar-refractivity contribution in [3.8, 4) is 0 Å². The van der Waals surface area contributed by atoms with E-state index in [1.807, 2.05) is 0 Å². The van der Waals surface area contributed by atoms with Crippen molar-refractivity contribution in [1.82, 2.24) is 10.2 Å². The van der Waals surface area contributed by atoms with E-state index in [9.17, 15) is 0 Å². The highest BCUT2D eigenvalue weighted by Gasteiger charge is 2.24. The minimum Gasteiger partial charge on any atom is -0.330 e. The molecule has 0 aromatic heterocycles. The van der Waals surface area contributed by atoms with Gasteiger partial charge in [-0.15, -0.1) is 0 Å². The molecule has 72 valence electrons. The highest BCUT2D eigenvalue weighted by atomic mass is 15.1. The van der Waals surface area contributed by atoms with Gasteiger partial charge in [0.05, 0.1) is 0 Å². The maximum absolute atomic E-state index is 5.68. The van der Waals surface area contributed by atoms with Gasteiger partial charge in [0.25, 0.3) is 0 Å². The van der Waals surface area contributed by atoms with Crippen LogP contribution in [0.2, 0.25) is 0 Å². The lowest BCUT2D eigenvalue weighted by Gasteiger charge is -2.19. The molecule has 0 radical (unpaired) electrons. The van der Waals surface area contributed by atoms with E-state index >= 15 is 0 Å². The normalized spacial score (nSPS) is 30.0. The van der Waals surface area contributed by atoms with Crippen molar-refractivity contribution in [3.05, 3.63) is 0 Å². The van der Waals surface area contributed by atoms with E-state index in [4.69, 9.17) is 5.73 Å². The molecule has 1 aliphatic heterocycles. The summed E-state index contributed by atoms with van der Waals surface area (Å²) in [6, 6.07) is 0.664. The van der Waals surface area contributed by atoms with Crippen molar-refractivity contribution in [2.24, 2.45) is 11.7 Å². The standard InChI is InChI=1S/C9H21N3/c1-12(2)6-4-9-8(7-10)3-5-11-9/h8-9,11H,3-7,10H2,1-2H3. The average Bonchev–Trinajstić information content (AvgIpc) is 2.47. The van der Waals surface area contributed by atoms with Crippen LogP contribution in [0.25, 0.3) is 0 Å². The fourth-order valence-electron chi connectivity index (χ4n) is 1.84. The van der Waals surface area contributed by atoms with E-state index in [0.29, 0.717) is 12.0 Å². The summed E-state index contributed by atoms with van der Waals surface area (Å²) in [5.41, 5.74) is 5.68. The highest BCUT2D eigenvalue weighted by Crippen LogP contribution is 2.16. The highest BCUT2D eigenvalue weighted by molar-refractivity contribution is 4.84. The van der Waals surface area contributed by atoms with E-state index in [1.54, 1.807) is 0 Å². The first-order valence-electron chi connectivity index (χ1n) is 4.82. The molecule has 0 bridgehead atoms. The van der Waals surface area contributed by atoms with Crippen molar-refractivity contribution in [2.75, 3.05) is 33.7 Å². The molecule has 1 fully saturated rings. The van der Waals surface area contributed by atoms with E-state index in [0.717, 1.165) is 19.6 Å². The quantitative estimate of drug-likeness (QED) is 0.619. The molecule has 3 heteroatoms. The van der Waals surface area contributed by atoms with Gasteiger partial charge in [0.1, 0.15) is 0 Å². The predicted octanol–water partition coefficient (Wildman–Crippen LogP) is -0.125. The molecule has 0 saturated carbocycles. The van der Waals surface area contributed by atoms with Crippen LogP contribution < -0.4 is 11.1 Å². The third-order valence-electron chi connectivity index (χ3n) is 2.68. The smallest absolute Gasteiger partial charge is 0.0120 e. The van der Waals surface area contributed by atoms with Gasteiger partial charge >= 0.3 is 0 Å². The molecule has 0 spiro atoms. The van der Waals surface area contributed by atoms with Gasteiger partial charge in [0.15, 0.2) is 0 Å². The Labute approximate surface area is 75.3 Å². The second-order valence-corrected chi connectivity index (χ2v) is 3.94. The maximum atomic E-state index is 5.68. The summed E-state index contributed by atoms with van der Waals surface area (Å²) in [4.78, 5) is 2.23. The monoisotopic (exact) mass is 171 g/mol. The number of rotatable bonds is 4. The van der Waals surface area contributed by atoms with Crippen molar-refractivity contribution in [1.29, 1.82) is 0 Å². The fraction of sp³-hybridized carbons (Fsp3) is 1.00. The number of hydrogen-bond acceptors (Lipinski definition) is 3. The Bertz CT molecular complexity index is 125. The van der Waals surface area contributed by atoms with Gasteiger partial charge < -0.3 is 16.0 Å². The summed E-state index contributed by atoms with van der Waals surface area (Å²) >= 11 is 0.